The molecule has 0 fully saturated rings. The van der Waals surface area contributed by atoms with Crippen LogP contribution in [0.1, 0.15) is 5.56 Å². The number of carbonyl (C=O) groups excluding carboxylic acids is 1. The molecule has 0 saturated carbocycles. The zero-order chi connectivity index (χ0) is 10.6. The van der Waals surface area contributed by atoms with E-state index in [-0.39, 0.29) is 6.42 Å². The highest BCUT2D eigenvalue weighted by Gasteiger charge is 2.17. The minimum Gasteiger partial charge on any atom is -0.496 e. The van der Waals surface area contributed by atoms with E-state index in [2.05, 4.69) is 0 Å². The largest absolute Gasteiger partial charge is 0.496 e. The number of benzene rings is 1. The summed E-state index contributed by atoms with van der Waals surface area (Å²) >= 11 is 0. The molecular weight excluding hydrogens is 190 g/mol. The molecule has 0 N–H and O–H groups in total. The molecule has 4 heteroatoms. The average molecular weight is 200 g/mol. The fourth-order valence-electron chi connectivity index (χ4n) is 1.11. The van der Waals surface area contributed by atoms with Crippen LogP contribution in [0.15, 0.2) is 24.3 Å². The first kappa shape index (κ1) is 10.6. The molecule has 0 aliphatic carbocycles. The van der Waals surface area contributed by atoms with Gasteiger partial charge in [0.1, 0.15) is 5.75 Å². The summed E-state index contributed by atoms with van der Waals surface area (Å²) < 4.78 is 28.8. The van der Waals surface area contributed by atoms with Crippen LogP contribution >= 0.6 is 0 Å². The van der Waals surface area contributed by atoms with Gasteiger partial charge in [0, 0.05) is 12.0 Å². The number of Topliss-reactive ketones (excluding diaryl/α,β-unsaturated/α-hetero) is 1. The highest BCUT2D eigenvalue weighted by molar-refractivity contribution is 5.84. The number of methoxy groups -OCH3 is 1. The van der Waals surface area contributed by atoms with Gasteiger partial charge in [-0.25, -0.2) is 8.78 Å². The van der Waals surface area contributed by atoms with Crippen molar-refractivity contribution in [3.8, 4) is 5.75 Å². The molecule has 0 unspecified atom stereocenters. The maximum absolute atomic E-state index is 12.0. The van der Waals surface area contributed by atoms with Crippen molar-refractivity contribution in [2.75, 3.05) is 7.11 Å². The molecule has 0 radical (unpaired) electrons. The Kier molecular flexibility index (Phi) is 3.56. The van der Waals surface area contributed by atoms with E-state index in [9.17, 15) is 13.6 Å². The Bertz CT molecular complexity index is 324. The van der Waals surface area contributed by atoms with Crippen molar-refractivity contribution in [1.29, 1.82) is 0 Å². The Labute approximate surface area is 80.5 Å². The monoisotopic (exact) mass is 200 g/mol. The number of hydrogen-bond acceptors (Lipinski definition) is 2. The van der Waals surface area contributed by atoms with Gasteiger partial charge < -0.3 is 4.74 Å². The summed E-state index contributed by atoms with van der Waals surface area (Å²) in [6.07, 6.45) is -3.21. The van der Waals surface area contributed by atoms with Gasteiger partial charge >= 0.3 is 0 Å². The van der Waals surface area contributed by atoms with Crippen molar-refractivity contribution < 1.29 is 18.3 Å². The number of carbonyl (C=O) groups is 1. The van der Waals surface area contributed by atoms with Crippen LogP contribution in [0, 0.1) is 0 Å². The van der Waals surface area contributed by atoms with Crippen molar-refractivity contribution in [3.05, 3.63) is 29.8 Å². The predicted octanol–water partition coefficient (Wildman–Crippen LogP) is 2.07. The first-order chi connectivity index (χ1) is 6.65. The van der Waals surface area contributed by atoms with Gasteiger partial charge in [-0.3, -0.25) is 4.79 Å². The van der Waals surface area contributed by atoms with Crippen LogP contribution in [0.2, 0.25) is 0 Å². The second-order valence-corrected chi connectivity index (χ2v) is 2.76. The van der Waals surface area contributed by atoms with Crippen molar-refractivity contribution in [3.63, 3.8) is 0 Å². The van der Waals surface area contributed by atoms with E-state index in [4.69, 9.17) is 4.74 Å². The fourth-order valence-corrected chi connectivity index (χ4v) is 1.11. The SMILES string of the molecule is COc1ccccc1CC(=O)C(F)F. The molecule has 1 aromatic carbocycles. The molecule has 0 bridgehead atoms. The lowest BCUT2D eigenvalue weighted by Crippen LogP contribution is -2.13. The van der Waals surface area contributed by atoms with Gasteiger partial charge in [-0.15, -0.1) is 0 Å². The lowest BCUT2D eigenvalue weighted by Gasteiger charge is -2.06. The average Bonchev–Trinajstić information content (AvgIpc) is 2.18. The van der Waals surface area contributed by atoms with Crippen molar-refractivity contribution in [2.45, 2.75) is 12.8 Å². The summed E-state index contributed by atoms with van der Waals surface area (Å²) in [5, 5.41) is 0. The smallest absolute Gasteiger partial charge is 0.296 e. The summed E-state index contributed by atoms with van der Waals surface area (Å²) in [5.74, 6) is -0.629. The van der Waals surface area contributed by atoms with E-state index in [1.54, 1.807) is 24.3 Å². The van der Waals surface area contributed by atoms with E-state index in [1.807, 2.05) is 0 Å². The van der Waals surface area contributed by atoms with Crippen LogP contribution in [0.3, 0.4) is 0 Å². The Morgan fingerprint density at radius 3 is 2.64 bits per heavy atom. The first-order valence-electron chi connectivity index (χ1n) is 4.08. The van der Waals surface area contributed by atoms with Gasteiger partial charge in [-0.1, -0.05) is 18.2 Å². The summed E-state index contributed by atoms with van der Waals surface area (Å²) in [5.41, 5.74) is 0.486. The molecule has 14 heavy (non-hydrogen) atoms. The standard InChI is InChI=1S/C10H10F2O2/c1-14-9-5-3-2-4-7(9)6-8(13)10(11)12/h2-5,10H,6H2,1H3. The number of rotatable bonds is 4. The van der Waals surface area contributed by atoms with E-state index in [0.717, 1.165) is 0 Å². The number of ketones is 1. The molecule has 0 atom stereocenters. The number of hydrogen-bond donors (Lipinski definition) is 0. The molecule has 1 aromatic rings. The normalized spacial score (nSPS) is 10.3. The number of alkyl halides is 2. The number of ether oxygens (including phenoxy) is 1. The topological polar surface area (TPSA) is 26.3 Å². The molecule has 1 rings (SSSR count). The summed E-state index contributed by atoms with van der Waals surface area (Å²) in [4.78, 5) is 10.8. The van der Waals surface area contributed by atoms with Gasteiger partial charge in [-0.2, -0.15) is 0 Å². The second-order valence-electron chi connectivity index (χ2n) is 2.76. The Morgan fingerprint density at radius 2 is 2.07 bits per heavy atom. The molecule has 0 heterocycles. The van der Waals surface area contributed by atoms with Crippen LogP contribution in [-0.2, 0) is 11.2 Å². The summed E-state index contributed by atoms with van der Waals surface area (Å²) in [6, 6.07) is 6.62. The first-order valence-corrected chi connectivity index (χ1v) is 4.08. The predicted molar refractivity (Wildman–Crippen MR) is 47.7 cm³/mol. The lowest BCUT2D eigenvalue weighted by atomic mass is 10.1. The molecule has 0 aliphatic heterocycles. The number of halogens is 2. The third-order valence-corrected chi connectivity index (χ3v) is 1.80. The molecule has 76 valence electrons. The van der Waals surface area contributed by atoms with Gasteiger partial charge in [0.15, 0.2) is 0 Å². The van der Waals surface area contributed by atoms with Gasteiger partial charge in [0.25, 0.3) is 6.43 Å². The highest BCUT2D eigenvalue weighted by atomic mass is 19.3. The molecule has 0 aliphatic rings. The quantitative estimate of drug-likeness (QED) is 0.743. The van der Waals surface area contributed by atoms with Crippen LogP contribution in [0.25, 0.3) is 0 Å². The highest BCUT2D eigenvalue weighted by Crippen LogP contribution is 2.18. The third-order valence-electron chi connectivity index (χ3n) is 1.80. The van der Waals surface area contributed by atoms with Crippen LogP contribution < -0.4 is 4.74 Å². The van der Waals surface area contributed by atoms with Gasteiger partial charge in [0.2, 0.25) is 5.78 Å². The summed E-state index contributed by atoms with van der Waals surface area (Å²) in [6.45, 7) is 0. The van der Waals surface area contributed by atoms with E-state index >= 15 is 0 Å². The third kappa shape index (κ3) is 2.52. The Hall–Kier alpha value is -1.45. The lowest BCUT2D eigenvalue weighted by molar-refractivity contribution is -0.128. The molecule has 0 aromatic heterocycles. The Morgan fingerprint density at radius 1 is 1.43 bits per heavy atom. The maximum atomic E-state index is 12.0. The molecule has 0 spiro atoms. The second kappa shape index (κ2) is 4.69. The summed E-state index contributed by atoms with van der Waals surface area (Å²) in [7, 11) is 1.44. The molecule has 0 saturated heterocycles. The van der Waals surface area contributed by atoms with Crippen LogP contribution in [0.4, 0.5) is 8.78 Å². The van der Waals surface area contributed by atoms with Crippen LogP contribution in [-0.4, -0.2) is 19.3 Å². The number of para-hydroxylation sites is 1. The van der Waals surface area contributed by atoms with E-state index in [1.165, 1.54) is 7.11 Å². The van der Waals surface area contributed by atoms with Crippen molar-refractivity contribution in [1.82, 2.24) is 0 Å². The fraction of sp³-hybridized carbons (Fsp3) is 0.300. The zero-order valence-corrected chi connectivity index (χ0v) is 7.67. The van der Waals surface area contributed by atoms with E-state index in [0.29, 0.717) is 11.3 Å². The van der Waals surface area contributed by atoms with Gasteiger partial charge in [0.05, 0.1) is 7.11 Å². The van der Waals surface area contributed by atoms with Crippen molar-refractivity contribution in [2.24, 2.45) is 0 Å². The Balaban J connectivity index is 2.80. The minimum atomic E-state index is -2.92. The molecule has 0 amide bonds. The van der Waals surface area contributed by atoms with Crippen molar-refractivity contribution >= 4 is 5.78 Å². The maximum Gasteiger partial charge on any atom is 0.296 e. The van der Waals surface area contributed by atoms with Gasteiger partial charge in [-0.05, 0) is 6.07 Å². The minimum absolute atomic E-state index is 0.290. The van der Waals surface area contributed by atoms with Crippen LogP contribution in [0.5, 0.6) is 5.75 Å². The molecular formula is C10H10F2O2. The molecule has 2 nitrogen and oxygen atoms in total. The van der Waals surface area contributed by atoms with E-state index < -0.39 is 12.2 Å². The zero-order valence-electron chi connectivity index (χ0n) is 7.67.